The van der Waals surface area contributed by atoms with Gasteiger partial charge in [-0.1, -0.05) is 11.3 Å². The second-order valence-corrected chi connectivity index (χ2v) is 9.87. The Morgan fingerprint density at radius 1 is 0.721 bits per heavy atom. The number of nitrogen functional groups attached to an aromatic ring is 1. The summed E-state index contributed by atoms with van der Waals surface area (Å²) in [7, 11) is 0. The van der Waals surface area contributed by atoms with Crippen molar-refractivity contribution in [1.82, 2.24) is 10.3 Å². The summed E-state index contributed by atoms with van der Waals surface area (Å²) < 4.78 is 0. The molecule has 0 saturated carbocycles. The molecule has 0 radical (unpaired) electrons. The minimum absolute atomic E-state index is 0.124. The number of hydrogen-bond donors (Lipinski definition) is 19. The highest BCUT2D eigenvalue weighted by molar-refractivity contribution is 7.17. The molecule has 0 fully saturated rings. The highest BCUT2D eigenvalue weighted by Crippen LogP contribution is 2.55. The molecule has 1 aromatic heterocycles. The number of phenolic OH excluding ortho intramolecular Hbond substituents is 9. The van der Waals surface area contributed by atoms with Crippen LogP contribution in [0.1, 0.15) is 16.8 Å². The van der Waals surface area contributed by atoms with Gasteiger partial charge in [0, 0.05) is 6.42 Å². The van der Waals surface area contributed by atoms with Crippen LogP contribution in [0.5, 0.6) is 56.8 Å². The van der Waals surface area contributed by atoms with Crippen LogP contribution in [0.2, 0.25) is 0 Å². The summed E-state index contributed by atoms with van der Waals surface area (Å²) in [6, 6.07) is 0. The number of benzene rings is 2. The molecule has 0 aliphatic carbocycles. The third-order valence-corrected chi connectivity index (χ3v) is 6.51. The number of aromatic hydroxyl groups is 10. The first-order chi connectivity index (χ1) is 19.5. The Morgan fingerprint density at radius 3 is 1.63 bits per heavy atom. The van der Waals surface area contributed by atoms with Crippen molar-refractivity contribution in [2.45, 2.75) is 30.5 Å². The van der Waals surface area contributed by atoms with Crippen LogP contribution in [0, 0.1) is 0 Å². The van der Waals surface area contributed by atoms with E-state index in [0.29, 0.717) is 11.3 Å². The van der Waals surface area contributed by atoms with Crippen molar-refractivity contribution in [3.05, 3.63) is 16.8 Å². The van der Waals surface area contributed by atoms with E-state index < -0.39 is 110 Å². The Labute approximate surface area is 240 Å². The van der Waals surface area contributed by atoms with Crippen LogP contribution in [0.25, 0.3) is 0 Å². The van der Waals surface area contributed by atoms with Crippen molar-refractivity contribution in [1.29, 1.82) is 0 Å². The van der Waals surface area contributed by atoms with Gasteiger partial charge in [-0.2, -0.15) is 0 Å². The van der Waals surface area contributed by atoms with Gasteiger partial charge >= 0.3 is 0 Å². The van der Waals surface area contributed by atoms with Crippen molar-refractivity contribution >= 4 is 28.1 Å². The number of anilines is 2. The number of thiazole rings is 1. The summed E-state index contributed by atoms with van der Waals surface area (Å²) in [5.74, 6) is -28.3. The number of rotatable bonds is 9. The Hall–Kier alpha value is -4.94. The zero-order valence-electron chi connectivity index (χ0n) is 20.9. The van der Waals surface area contributed by atoms with E-state index in [1.165, 1.54) is 0 Å². The van der Waals surface area contributed by atoms with E-state index in [2.05, 4.69) is 4.98 Å². The highest BCUT2D eigenvalue weighted by atomic mass is 32.1. The lowest BCUT2D eigenvalue weighted by Gasteiger charge is -2.40. The summed E-state index contributed by atoms with van der Waals surface area (Å²) in [5, 5.41) is 164. The molecule has 0 saturated heterocycles. The van der Waals surface area contributed by atoms with E-state index in [1.54, 1.807) is 0 Å². The van der Waals surface area contributed by atoms with Crippen LogP contribution in [-0.2, 0) is 23.4 Å². The van der Waals surface area contributed by atoms with Gasteiger partial charge in [0.1, 0.15) is 16.9 Å². The van der Waals surface area contributed by atoms with Gasteiger partial charge < -0.3 is 92.8 Å². The van der Waals surface area contributed by atoms with E-state index >= 15 is 0 Å². The lowest BCUT2D eigenvalue weighted by atomic mass is 9.96. The zero-order chi connectivity index (χ0) is 33.0. The zero-order valence-corrected chi connectivity index (χ0v) is 21.7. The van der Waals surface area contributed by atoms with Gasteiger partial charge in [-0.25, -0.2) is 10.3 Å². The predicted octanol–water partition coefficient (Wildman–Crippen LogP) is -3.79. The lowest BCUT2D eigenvalue weighted by Crippen LogP contribution is -2.68. The summed E-state index contributed by atoms with van der Waals surface area (Å²) in [6.07, 6.45) is -2.38. The normalized spacial score (nSPS) is 12.4. The smallest absolute Gasteiger partial charge is 0.288 e. The second-order valence-electron chi connectivity index (χ2n) is 8.86. The summed E-state index contributed by atoms with van der Waals surface area (Å²) in [5.41, 5.74) is 0.885. The Bertz CT molecular complexity index is 1550. The van der Waals surface area contributed by atoms with E-state index in [9.17, 15) is 86.5 Å². The van der Waals surface area contributed by atoms with Crippen molar-refractivity contribution in [2.75, 3.05) is 11.1 Å². The largest absolute Gasteiger partial charge is 0.504 e. The van der Waals surface area contributed by atoms with Crippen molar-refractivity contribution < 1.29 is 86.5 Å². The number of carbonyl (C=O) groups is 1. The molecule has 2 aromatic carbocycles. The lowest BCUT2D eigenvalue weighted by molar-refractivity contribution is -0.407. The van der Waals surface area contributed by atoms with Gasteiger partial charge in [0.05, 0.1) is 12.0 Å². The van der Waals surface area contributed by atoms with Crippen molar-refractivity contribution in [2.24, 2.45) is 0 Å². The van der Waals surface area contributed by atoms with Gasteiger partial charge in [-0.15, -0.1) is 0 Å². The maximum absolute atomic E-state index is 12.3. The second kappa shape index (κ2) is 10.7. The fourth-order valence-electron chi connectivity index (χ4n) is 3.69. The van der Waals surface area contributed by atoms with Crippen LogP contribution in [0.3, 0.4) is 0 Å². The van der Waals surface area contributed by atoms with E-state index in [1.807, 2.05) is 5.32 Å². The Balaban J connectivity index is 1.96. The quantitative estimate of drug-likeness (QED) is 0.0608. The minimum Gasteiger partial charge on any atom is -0.504 e. The molecule has 0 spiro atoms. The third-order valence-electron chi connectivity index (χ3n) is 5.78. The van der Waals surface area contributed by atoms with Crippen LogP contribution >= 0.6 is 11.3 Å². The number of nitrogens with one attached hydrogen (secondary N) is 2. The van der Waals surface area contributed by atoms with Crippen molar-refractivity contribution in [3.63, 3.8) is 0 Å². The maximum Gasteiger partial charge on any atom is 0.288 e. The summed E-state index contributed by atoms with van der Waals surface area (Å²) in [4.78, 5) is 16.0. The maximum atomic E-state index is 12.3. The van der Waals surface area contributed by atoms with Gasteiger partial charge in [-0.3, -0.25) is 4.79 Å². The van der Waals surface area contributed by atoms with Gasteiger partial charge in [0.25, 0.3) is 11.7 Å². The Morgan fingerprint density at radius 2 is 1.19 bits per heavy atom. The molecule has 22 heteroatoms. The monoisotopic (exact) mass is 636 g/mol. The first kappa shape index (κ1) is 32.6. The fourth-order valence-corrected chi connectivity index (χ4v) is 4.28. The van der Waals surface area contributed by atoms with Crippen LogP contribution < -0.4 is 16.4 Å². The average Bonchev–Trinajstić information content (AvgIpc) is 3.20. The van der Waals surface area contributed by atoms with E-state index in [0.717, 1.165) is 5.32 Å². The number of nitrogens with zero attached hydrogens (tertiary/aromatic N) is 1. The van der Waals surface area contributed by atoms with Crippen LogP contribution in [0.4, 0.5) is 10.8 Å². The molecule has 0 atom stereocenters. The molecule has 3 aromatic rings. The van der Waals surface area contributed by atoms with Gasteiger partial charge in [0.2, 0.25) is 29.1 Å². The number of aromatic nitrogens is 1. The molecule has 0 unspecified atom stereocenters. The summed E-state index contributed by atoms with van der Waals surface area (Å²) >= 11 is 0.605. The molecule has 20 N–H and O–H groups in total. The molecule has 0 aliphatic rings. The van der Waals surface area contributed by atoms with Crippen LogP contribution in [0.15, 0.2) is 0 Å². The fraction of sp³-hybridized carbons (Fsp3) is 0.238. The number of nitrogens with two attached hydrogens (primary N) is 1. The highest BCUT2D eigenvalue weighted by Gasteiger charge is 2.57. The summed E-state index contributed by atoms with van der Waals surface area (Å²) in [6.45, 7) is 0. The first-order valence-electron chi connectivity index (χ1n) is 11.1. The number of carbonyl (C=O) groups excluding carboxylic acids is 1. The molecule has 21 nitrogen and oxygen atoms in total. The number of aliphatic hydroxyl groups is 6. The van der Waals surface area contributed by atoms with E-state index in [4.69, 9.17) is 5.73 Å². The molecule has 0 aliphatic heterocycles. The van der Waals surface area contributed by atoms with Crippen LogP contribution in [-0.4, -0.2) is 104 Å². The average molecular weight is 637 g/mol. The molecule has 1 heterocycles. The molecule has 236 valence electrons. The van der Waals surface area contributed by atoms with Gasteiger partial charge in [0.15, 0.2) is 44.7 Å². The number of phenols is 9. The number of amides is 1. The molecular weight excluding hydrogens is 612 g/mol. The Kier molecular flexibility index (Phi) is 8.12. The predicted molar refractivity (Wildman–Crippen MR) is 136 cm³/mol. The number of hydrogen-bond acceptors (Lipinski definition) is 21. The molecule has 0 bridgehead atoms. The molecule has 1 amide bonds. The van der Waals surface area contributed by atoms with E-state index in [-0.39, 0.29) is 10.8 Å². The SMILES string of the molecule is Nc1nc(CC(=O)Nc2c(O)c(O)c(C(O)(O)C(O)(O)NC(O)(O)Cc3c(O)c(O)c(O)c(O)c3O)c(O)c2O)c(O)s1. The minimum atomic E-state index is -4.54. The van der Waals surface area contributed by atoms with Gasteiger partial charge in [-0.05, 0) is 0 Å². The topological polar surface area (TPSA) is 404 Å². The molecule has 3 rings (SSSR count). The molecule has 43 heavy (non-hydrogen) atoms. The molecular formula is C21H24N4O17S. The standard InChI is InChI=1S/C21H24N4O17S/c22-18-23-4(17(36)43-18)1-5(26)24-7-12(31)10(29)6(11(30)13(7)32)20(39,40)21(41,42)25-19(37,38)2-3-8(27)14(33)16(35)15(34)9(3)28/h25,27-42H,1-2H2,(H2,22,23)(H,24,26). The first-order valence-corrected chi connectivity index (χ1v) is 11.9. The third kappa shape index (κ3) is 5.74. The van der Waals surface area contributed by atoms with Crippen molar-refractivity contribution in [3.8, 4) is 56.8 Å².